The van der Waals surface area contributed by atoms with Gasteiger partial charge >= 0.3 is 0 Å². The first-order chi connectivity index (χ1) is 5.00. The van der Waals surface area contributed by atoms with Gasteiger partial charge in [-0.05, 0) is 44.2 Å². The number of rotatable bonds is 0. The van der Waals surface area contributed by atoms with E-state index in [1.807, 2.05) is 17.7 Å². The molecule has 0 aromatic heterocycles. The molecule has 1 aliphatic heterocycles. The van der Waals surface area contributed by atoms with Gasteiger partial charge in [-0.15, -0.1) is 0 Å². The van der Waals surface area contributed by atoms with E-state index in [4.69, 9.17) is 5.73 Å². The first kappa shape index (κ1) is 8.53. The highest BCUT2D eigenvalue weighted by atomic mass is 32.2. The molecule has 2 N–H and O–H groups in total. The van der Waals surface area contributed by atoms with Gasteiger partial charge in [-0.2, -0.15) is 0 Å². The Kier molecular flexibility index (Phi) is 2.18. The lowest BCUT2D eigenvalue weighted by Crippen LogP contribution is -2.32. The average Bonchev–Trinajstić information content (AvgIpc) is 1.86. The predicted molar refractivity (Wildman–Crippen MR) is 50.6 cm³/mol. The summed E-state index contributed by atoms with van der Waals surface area (Å²) in [6.07, 6.45) is 3.87. The van der Waals surface area contributed by atoms with Crippen LogP contribution in [0.4, 0.5) is 0 Å². The first-order valence-corrected chi connectivity index (χ1v) is 4.44. The largest absolute Gasteiger partial charge is 0.398 e. The summed E-state index contributed by atoms with van der Waals surface area (Å²) in [6.45, 7) is 6.47. The number of nitrogens with zero attached hydrogens (tertiary/aromatic N) is 1. The molecule has 0 atom stereocenters. The van der Waals surface area contributed by atoms with Crippen LogP contribution in [-0.4, -0.2) is 9.84 Å². The lowest BCUT2D eigenvalue weighted by Gasteiger charge is -2.33. The maximum Gasteiger partial charge on any atom is 0.0491 e. The van der Waals surface area contributed by atoms with Crippen LogP contribution in [0, 0.1) is 0 Å². The zero-order valence-electron chi connectivity index (χ0n) is 7.16. The van der Waals surface area contributed by atoms with E-state index in [-0.39, 0.29) is 5.54 Å². The second-order valence-corrected chi connectivity index (χ2v) is 4.41. The molecule has 0 saturated heterocycles. The highest BCUT2D eigenvalue weighted by Crippen LogP contribution is 2.27. The summed E-state index contributed by atoms with van der Waals surface area (Å²) in [6, 6.07) is 0. The quantitative estimate of drug-likeness (QED) is 0.564. The molecule has 62 valence electrons. The zero-order valence-corrected chi connectivity index (χ0v) is 7.98. The monoisotopic (exact) mass is 170 g/mol. The normalized spacial score (nSPS) is 18.5. The van der Waals surface area contributed by atoms with Crippen LogP contribution in [0.1, 0.15) is 20.8 Å². The molecule has 0 aliphatic carbocycles. The van der Waals surface area contributed by atoms with Crippen molar-refractivity contribution in [3.63, 3.8) is 0 Å². The van der Waals surface area contributed by atoms with Crippen LogP contribution in [0.3, 0.4) is 0 Å². The van der Waals surface area contributed by atoms with E-state index < -0.39 is 0 Å². The van der Waals surface area contributed by atoms with E-state index in [0.29, 0.717) is 0 Å². The van der Waals surface area contributed by atoms with E-state index >= 15 is 0 Å². The van der Waals surface area contributed by atoms with Crippen molar-refractivity contribution in [3.05, 3.63) is 23.4 Å². The molecule has 11 heavy (non-hydrogen) atoms. The molecule has 0 aromatic carbocycles. The maximum atomic E-state index is 5.64. The molecule has 1 rings (SSSR count). The predicted octanol–water partition coefficient (Wildman–Crippen LogP) is 2.06. The van der Waals surface area contributed by atoms with Gasteiger partial charge in [0.1, 0.15) is 0 Å². The Hall–Kier alpha value is -0.570. The van der Waals surface area contributed by atoms with Crippen LogP contribution < -0.4 is 5.73 Å². The number of hydrogen-bond donors (Lipinski definition) is 1. The molecule has 0 aromatic rings. The fraction of sp³-hybridized carbons (Fsp3) is 0.500. The number of nitrogens with two attached hydrogens (primary N) is 1. The fourth-order valence-corrected chi connectivity index (χ4v) is 1.58. The molecule has 3 heteroatoms. The summed E-state index contributed by atoms with van der Waals surface area (Å²) in [4.78, 5) is 0. The van der Waals surface area contributed by atoms with Gasteiger partial charge in [0.15, 0.2) is 0 Å². The summed E-state index contributed by atoms with van der Waals surface area (Å²) in [7, 11) is 0. The SMILES string of the molecule is CC(C)(C)N1C=C(N)C=CS1. The lowest BCUT2D eigenvalue weighted by atomic mass is 10.1. The third kappa shape index (κ3) is 2.19. The highest BCUT2D eigenvalue weighted by Gasteiger charge is 2.19. The topological polar surface area (TPSA) is 29.3 Å². The van der Waals surface area contributed by atoms with Crippen molar-refractivity contribution >= 4 is 11.9 Å². The summed E-state index contributed by atoms with van der Waals surface area (Å²) in [5, 5.41) is 2.00. The third-order valence-electron chi connectivity index (χ3n) is 1.36. The molecule has 0 saturated carbocycles. The van der Waals surface area contributed by atoms with E-state index in [0.717, 1.165) is 5.70 Å². The Morgan fingerprint density at radius 1 is 1.45 bits per heavy atom. The Labute approximate surface area is 72.3 Å². The first-order valence-electron chi connectivity index (χ1n) is 3.60. The van der Waals surface area contributed by atoms with E-state index in [1.54, 1.807) is 11.9 Å². The van der Waals surface area contributed by atoms with E-state index in [1.165, 1.54) is 0 Å². The molecule has 0 spiro atoms. The van der Waals surface area contributed by atoms with Crippen LogP contribution in [-0.2, 0) is 0 Å². The Bertz CT molecular complexity index is 201. The molecular formula is C8H14N2S. The summed E-state index contributed by atoms with van der Waals surface area (Å²) >= 11 is 1.67. The molecule has 1 heterocycles. The van der Waals surface area contributed by atoms with Crippen LogP contribution >= 0.6 is 11.9 Å². The maximum absolute atomic E-state index is 5.64. The summed E-state index contributed by atoms with van der Waals surface area (Å²) < 4.78 is 2.14. The average molecular weight is 170 g/mol. The van der Waals surface area contributed by atoms with Gasteiger partial charge in [0.2, 0.25) is 0 Å². The minimum Gasteiger partial charge on any atom is -0.398 e. The molecule has 2 nitrogen and oxygen atoms in total. The smallest absolute Gasteiger partial charge is 0.0491 e. The molecular weight excluding hydrogens is 156 g/mol. The van der Waals surface area contributed by atoms with Crippen molar-refractivity contribution in [1.29, 1.82) is 0 Å². The minimum absolute atomic E-state index is 0.139. The zero-order chi connectivity index (χ0) is 8.48. The van der Waals surface area contributed by atoms with E-state index in [9.17, 15) is 0 Å². The Morgan fingerprint density at radius 2 is 2.09 bits per heavy atom. The minimum atomic E-state index is 0.139. The van der Waals surface area contributed by atoms with E-state index in [2.05, 4.69) is 25.1 Å². The van der Waals surface area contributed by atoms with Gasteiger partial charge in [0.25, 0.3) is 0 Å². The second kappa shape index (κ2) is 2.81. The number of hydrogen-bond acceptors (Lipinski definition) is 3. The van der Waals surface area contributed by atoms with Crippen LogP contribution in [0.15, 0.2) is 23.4 Å². The molecule has 0 amide bonds. The Morgan fingerprint density at radius 3 is 2.45 bits per heavy atom. The highest BCUT2D eigenvalue weighted by molar-refractivity contribution is 8.00. The van der Waals surface area contributed by atoms with Gasteiger partial charge < -0.3 is 10.0 Å². The fourth-order valence-electron chi connectivity index (χ4n) is 0.735. The second-order valence-electron chi connectivity index (χ2n) is 3.53. The van der Waals surface area contributed by atoms with Crippen molar-refractivity contribution < 1.29 is 0 Å². The molecule has 1 aliphatic rings. The van der Waals surface area contributed by atoms with Gasteiger partial charge in [-0.1, -0.05) is 0 Å². The van der Waals surface area contributed by atoms with Crippen LogP contribution in [0.2, 0.25) is 0 Å². The Balaban J connectivity index is 2.71. The van der Waals surface area contributed by atoms with Crippen LogP contribution in [0.5, 0.6) is 0 Å². The molecule has 0 bridgehead atoms. The van der Waals surface area contributed by atoms with Crippen molar-refractivity contribution in [2.45, 2.75) is 26.3 Å². The van der Waals surface area contributed by atoms with Gasteiger partial charge in [-0.3, -0.25) is 0 Å². The van der Waals surface area contributed by atoms with Crippen LogP contribution in [0.25, 0.3) is 0 Å². The lowest BCUT2D eigenvalue weighted by molar-refractivity contribution is 0.348. The van der Waals surface area contributed by atoms with Gasteiger partial charge in [0.05, 0.1) is 0 Å². The van der Waals surface area contributed by atoms with Crippen molar-refractivity contribution in [1.82, 2.24) is 4.31 Å². The van der Waals surface area contributed by atoms with Gasteiger partial charge in [0, 0.05) is 17.4 Å². The van der Waals surface area contributed by atoms with Crippen molar-refractivity contribution in [2.24, 2.45) is 5.73 Å². The molecule has 0 unspecified atom stereocenters. The third-order valence-corrected chi connectivity index (χ3v) is 2.50. The van der Waals surface area contributed by atoms with Crippen molar-refractivity contribution in [2.75, 3.05) is 0 Å². The standard InChI is InChI=1S/C8H14N2S/c1-8(2,3)10-6-7(9)4-5-11-10/h4-6H,9H2,1-3H3. The van der Waals surface area contributed by atoms with Gasteiger partial charge in [-0.25, -0.2) is 0 Å². The number of allylic oxidation sites excluding steroid dienone is 1. The summed E-state index contributed by atoms with van der Waals surface area (Å²) in [5.41, 5.74) is 6.60. The molecule has 0 fully saturated rings. The molecule has 0 radical (unpaired) electrons. The van der Waals surface area contributed by atoms with Crippen molar-refractivity contribution in [3.8, 4) is 0 Å². The summed E-state index contributed by atoms with van der Waals surface area (Å²) in [5.74, 6) is 0.